The minimum absolute atomic E-state index is 0.746. The number of aliphatic hydroxyl groups excluding tert-OH is 1. The molecule has 1 unspecified atom stereocenters. The third kappa shape index (κ3) is 7.78. The van der Waals surface area contributed by atoms with Gasteiger partial charge < -0.3 is 9.84 Å². The Morgan fingerprint density at radius 2 is 1.56 bits per heavy atom. The van der Waals surface area contributed by atoms with Crippen LogP contribution in [0.3, 0.4) is 0 Å². The van der Waals surface area contributed by atoms with Gasteiger partial charge in [-0.3, -0.25) is 0 Å². The molecule has 2 nitrogen and oxygen atoms in total. The van der Waals surface area contributed by atoms with Gasteiger partial charge in [0.1, 0.15) is 5.75 Å². The van der Waals surface area contributed by atoms with Crippen molar-refractivity contribution in [1.29, 1.82) is 0 Å². The molecule has 0 aliphatic heterocycles. The topological polar surface area (TPSA) is 29.5 Å². The van der Waals surface area contributed by atoms with E-state index in [1.807, 2.05) is 32.0 Å². The zero-order valence-electron chi connectivity index (χ0n) is 9.30. The second kappa shape index (κ2) is 8.63. The minimum atomic E-state index is -1.92. The van der Waals surface area contributed by atoms with Gasteiger partial charge in [-0.15, -0.1) is 0 Å². The number of aryl methyl sites for hydroxylation is 2. The van der Waals surface area contributed by atoms with Gasteiger partial charge in [0.2, 0.25) is 0 Å². The van der Waals surface area contributed by atoms with E-state index in [4.69, 9.17) is 37.8 Å². The van der Waals surface area contributed by atoms with Crippen LogP contribution in [0.1, 0.15) is 18.1 Å². The normalized spacial score (nSPS) is 11.2. The van der Waals surface area contributed by atoms with Gasteiger partial charge in [-0.2, -0.15) is 0 Å². The van der Waals surface area contributed by atoms with Gasteiger partial charge in [0, 0.05) is 0 Å². The van der Waals surface area contributed by atoms with Gasteiger partial charge >= 0.3 is 42.6 Å². The first-order valence-electron chi connectivity index (χ1n) is 4.59. The van der Waals surface area contributed by atoms with Crippen LogP contribution in [0.4, 0.5) is 0 Å². The molecule has 0 saturated carbocycles. The maximum absolute atomic E-state index is 9.03. The predicted octanol–water partition coefficient (Wildman–Crippen LogP) is 4.09. The van der Waals surface area contributed by atoms with Crippen LogP contribution >= 0.6 is 27.9 Å². The molecule has 91 valence electrons. The molecule has 0 aliphatic carbocycles. The zero-order chi connectivity index (χ0) is 12.7. The maximum atomic E-state index is 9.03. The number of para-hydroxylation sites is 1. The van der Waals surface area contributed by atoms with Gasteiger partial charge in [-0.1, -0.05) is 18.2 Å². The van der Waals surface area contributed by atoms with Crippen LogP contribution in [0, 0.1) is 13.8 Å². The Kier molecular flexibility index (Phi) is 8.93. The molecule has 1 aromatic carbocycles. The van der Waals surface area contributed by atoms with Crippen LogP contribution in [0.25, 0.3) is 0 Å². The van der Waals surface area contributed by atoms with Crippen molar-refractivity contribution < 1.29 is 24.5 Å². The summed E-state index contributed by atoms with van der Waals surface area (Å²) in [6.07, 6.45) is -0.746. The molecular formula is C10H14Cl3O2Ti. The van der Waals surface area contributed by atoms with E-state index in [9.17, 15) is 0 Å². The summed E-state index contributed by atoms with van der Waals surface area (Å²) in [5, 5.41) is 9.03. The molecule has 0 aromatic heterocycles. The van der Waals surface area contributed by atoms with Crippen LogP contribution in [0.2, 0.25) is 0 Å². The van der Waals surface area contributed by atoms with E-state index >= 15 is 0 Å². The van der Waals surface area contributed by atoms with Crippen LogP contribution in [-0.2, 0) is 14.7 Å². The van der Waals surface area contributed by atoms with Crippen LogP contribution in [0.15, 0.2) is 18.2 Å². The van der Waals surface area contributed by atoms with E-state index in [1.165, 1.54) is 0 Å². The zero-order valence-corrected chi connectivity index (χ0v) is 13.1. The molecule has 1 N–H and O–H groups in total. The quantitative estimate of drug-likeness (QED) is 0.657. The molecule has 0 aliphatic rings. The van der Waals surface area contributed by atoms with Gasteiger partial charge in [0.25, 0.3) is 0 Å². The second-order valence-electron chi connectivity index (χ2n) is 3.15. The fraction of sp³-hybridized carbons (Fsp3) is 0.400. The first kappa shape index (κ1) is 16.6. The molecule has 1 aromatic rings. The molecule has 0 radical (unpaired) electrons. The molecular weight excluding hydrogens is 306 g/mol. The van der Waals surface area contributed by atoms with Crippen molar-refractivity contribution >= 4 is 27.9 Å². The number of hydrogen-bond acceptors (Lipinski definition) is 2. The summed E-state index contributed by atoms with van der Waals surface area (Å²) in [6, 6.07) is 5.90. The van der Waals surface area contributed by atoms with Crippen molar-refractivity contribution in [2.45, 2.75) is 27.1 Å². The summed E-state index contributed by atoms with van der Waals surface area (Å²) >= 11 is -1.92. The third-order valence-electron chi connectivity index (χ3n) is 1.70. The summed E-state index contributed by atoms with van der Waals surface area (Å²) in [5.41, 5.74) is 2.10. The van der Waals surface area contributed by atoms with E-state index in [1.54, 1.807) is 6.92 Å². The third-order valence-corrected chi connectivity index (χ3v) is 1.70. The van der Waals surface area contributed by atoms with E-state index in [2.05, 4.69) is 0 Å². The number of aliphatic hydroxyl groups is 1. The summed E-state index contributed by atoms with van der Waals surface area (Å²) < 4.78 is 5.23. The van der Waals surface area contributed by atoms with Gasteiger partial charge in [-0.05, 0) is 31.9 Å². The van der Waals surface area contributed by atoms with E-state index < -0.39 is 21.0 Å². The van der Waals surface area contributed by atoms with Crippen molar-refractivity contribution in [3.8, 4) is 5.75 Å². The van der Waals surface area contributed by atoms with Crippen molar-refractivity contribution in [2.24, 2.45) is 0 Å². The Balaban J connectivity index is 0.000000487. The number of ether oxygens (including phenoxy) is 1. The number of benzene rings is 1. The number of hydrogen-bond donors (Lipinski definition) is 1. The Hall–Kier alpha value is 0.564. The Morgan fingerprint density at radius 3 is 1.88 bits per heavy atom. The second-order valence-corrected chi connectivity index (χ2v) is 10.9. The van der Waals surface area contributed by atoms with Gasteiger partial charge in [-0.25, -0.2) is 0 Å². The van der Waals surface area contributed by atoms with Crippen molar-refractivity contribution in [1.82, 2.24) is 0 Å². The molecule has 16 heavy (non-hydrogen) atoms. The first-order valence-corrected chi connectivity index (χ1v) is 11.0. The summed E-state index contributed by atoms with van der Waals surface area (Å²) in [5.74, 6) is 0.785. The van der Waals surface area contributed by atoms with Crippen LogP contribution in [0.5, 0.6) is 5.75 Å². The molecule has 6 heteroatoms. The number of halogens is 3. The Labute approximate surface area is 114 Å². The first-order chi connectivity index (χ1) is 7.34. The van der Waals surface area contributed by atoms with E-state index in [0.29, 0.717) is 0 Å². The molecule has 1 rings (SSSR count). The van der Waals surface area contributed by atoms with Crippen LogP contribution < -0.4 is 4.74 Å². The summed E-state index contributed by atoms with van der Waals surface area (Å²) in [4.78, 5) is 0. The molecule has 0 bridgehead atoms. The van der Waals surface area contributed by atoms with Crippen molar-refractivity contribution in [2.75, 3.05) is 0 Å². The summed E-state index contributed by atoms with van der Waals surface area (Å²) in [7, 11) is 14.9. The molecule has 0 amide bonds. The standard InChI is InChI=1S/C10H14O2.3ClH.Ti/c1-7-5-4-6-8(2)10(7)12-9(3)11;;;;/h4-6,9,11H,1-3H3;3*1H;/q;;;;+3/p-3. The fourth-order valence-corrected chi connectivity index (χ4v) is 1.16. The molecule has 0 spiro atoms. The van der Waals surface area contributed by atoms with E-state index in [0.717, 1.165) is 16.9 Å². The average molecular weight is 320 g/mol. The molecule has 0 heterocycles. The van der Waals surface area contributed by atoms with Gasteiger partial charge in [0.15, 0.2) is 6.29 Å². The monoisotopic (exact) mass is 319 g/mol. The molecule has 1 atom stereocenters. The Morgan fingerprint density at radius 1 is 1.19 bits per heavy atom. The SMILES string of the molecule is Cc1cccc(C)c1OC(C)O.[Cl][Ti]([Cl])[Cl]. The van der Waals surface area contributed by atoms with Crippen molar-refractivity contribution in [3.05, 3.63) is 29.3 Å². The average Bonchev–Trinajstić information content (AvgIpc) is 2.10. The van der Waals surface area contributed by atoms with E-state index in [-0.39, 0.29) is 0 Å². The number of rotatable bonds is 2. The van der Waals surface area contributed by atoms with Crippen molar-refractivity contribution in [3.63, 3.8) is 0 Å². The molecule has 0 saturated heterocycles. The Bertz CT molecular complexity index is 296. The predicted molar refractivity (Wildman–Crippen MR) is 65.8 cm³/mol. The van der Waals surface area contributed by atoms with Crippen LogP contribution in [-0.4, -0.2) is 11.4 Å². The van der Waals surface area contributed by atoms with Gasteiger partial charge in [0.05, 0.1) is 0 Å². The summed E-state index contributed by atoms with van der Waals surface area (Å²) in [6.45, 7) is 5.53. The molecule has 0 fully saturated rings. The fourth-order valence-electron chi connectivity index (χ4n) is 1.16.